The smallest absolute Gasteiger partial charge is 0.105 e. The summed E-state index contributed by atoms with van der Waals surface area (Å²) in [6.45, 7) is 5.64. The molecule has 1 unspecified atom stereocenters. The zero-order valence-corrected chi connectivity index (χ0v) is 17.9. The van der Waals surface area contributed by atoms with Gasteiger partial charge < -0.3 is 9.80 Å². The molecule has 2 rings (SSSR count). The molecule has 0 saturated carbocycles. The summed E-state index contributed by atoms with van der Waals surface area (Å²) in [5.41, 5.74) is 1.31. The van der Waals surface area contributed by atoms with E-state index in [2.05, 4.69) is 66.4 Å². The van der Waals surface area contributed by atoms with Crippen molar-refractivity contribution in [3.8, 4) is 0 Å². The summed E-state index contributed by atoms with van der Waals surface area (Å²) >= 11 is 0. The van der Waals surface area contributed by atoms with Crippen molar-refractivity contribution in [2.45, 2.75) is 103 Å². The Bertz CT molecular complexity index is 496. The lowest BCUT2D eigenvalue weighted by Gasteiger charge is -2.32. The standard InChI is InChI=1S/C25H42N2/c1-3-5-6-7-8-9-10-11-12-13-14-18-21-25-26(4-2)22-23-27(25)24-19-16-15-17-20-24/h15-17,19-20,22-23,25H,3-14,18,21H2,1-2H3. The first-order valence-electron chi connectivity index (χ1n) is 11.6. The summed E-state index contributed by atoms with van der Waals surface area (Å²) in [5.74, 6) is 0. The first-order valence-corrected chi connectivity index (χ1v) is 11.6. The predicted molar refractivity (Wildman–Crippen MR) is 120 cm³/mol. The predicted octanol–water partition coefficient (Wildman–Crippen LogP) is 7.72. The monoisotopic (exact) mass is 370 g/mol. The van der Waals surface area contributed by atoms with Crippen molar-refractivity contribution < 1.29 is 0 Å². The number of rotatable bonds is 15. The SMILES string of the molecule is CCCCCCCCCCCCCCC1N(CC)C=CN1c1ccccc1. The van der Waals surface area contributed by atoms with Crippen LogP contribution in [0.25, 0.3) is 0 Å². The maximum Gasteiger partial charge on any atom is 0.105 e. The van der Waals surface area contributed by atoms with Gasteiger partial charge in [-0.15, -0.1) is 0 Å². The highest BCUT2D eigenvalue weighted by Gasteiger charge is 2.25. The summed E-state index contributed by atoms with van der Waals surface area (Å²) in [4.78, 5) is 4.92. The van der Waals surface area contributed by atoms with Crippen LogP contribution in [0.15, 0.2) is 42.7 Å². The second kappa shape index (κ2) is 13.7. The minimum absolute atomic E-state index is 0.500. The largest absolute Gasteiger partial charge is 0.356 e. The molecule has 0 aromatic heterocycles. The molecule has 0 amide bonds. The lowest BCUT2D eigenvalue weighted by Crippen LogP contribution is -2.38. The van der Waals surface area contributed by atoms with Gasteiger partial charge in [0.05, 0.1) is 0 Å². The minimum atomic E-state index is 0.500. The third-order valence-electron chi connectivity index (χ3n) is 5.86. The van der Waals surface area contributed by atoms with E-state index < -0.39 is 0 Å². The maximum absolute atomic E-state index is 2.48. The van der Waals surface area contributed by atoms with Crippen molar-refractivity contribution in [2.75, 3.05) is 11.4 Å². The van der Waals surface area contributed by atoms with E-state index in [0.717, 1.165) is 6.54 Å². The van der Waals surface area contributed by atoms with Crippen LogP contribution >= 0.6 is 0 Å². The van der Waals surface area contributed by atoms with Crippen LogP contribution in [0.1, 0.15) is 97.3 Å². The fraction of sp³-hybridized carbons (Fsp3) is 0.680. The highest BCUT2D eigenvalue weighted by molar-refractivity contribution is 5.51. The summed E-state index contributed by atoms with van der Waals surface area (Å²) in [6.07, 6.45) is 23.3. The van der Waals surface area contributed by atoms with Crippen molar-refractivity contribution >= 4 is 5.69 Å². The molecule has 1 atom stereocenters. The molecule has 1 aliphatic heterocycles. The van der Waals surface area contributed by atoms with Gasteiger partial charge in [-0.2, -0.15) is 0 Å². The Morgan fingerprint density at radius 2 is 1.22 bits per heavy atom. The zero-order chi connectivity index (χ0) is 19.2. The molecule has 0 saturated heterocycles. The van der Waals surface area contributed by atoms with Crippen molar-refractivity contribution in [3.63, 3.8) is 0 Å². The van der Waals surface area contributed by atoms with Gasteiger partial charge in [0, 0.05) is 24.6 Å². The molecule has 2 nitrogen and oxygen atoms in total. The second-order valence-electron chi connectivity index (χ2n) is 8.03. The normalized spacial score (nSPS) is 16.4. The van der Waals surface area contributed by atoms with Crippen molar-refractivity contribution in [1.29, 1.82) is 0 Å². The molecule has 1 heterocycles. The van der Waals surface area contributed by atoms with Gasteiger partial charge in [-0.25, -0.2) is 0 Å². The third kappa shape index (κ3) is 7.99. The molecule has 0 fully saturated rings. The van der Waals surface area contributed by atoms with Crippen LogP contribution in [0.4, 0.5) is 5.69 Å². The minimum Gasteiger partial charge on any atom is -0.356 e. The molecule has 0 aliphatic carbocycles. The van der Waals surface area contributed by atoms with Crippen molar-refractivity contribution in [1.82, 2.24) is 4.90 Å². The number of nitrogens with zero attached hydrogens (tertiary/aromatic N) is 2. The Labute approximate surface area is 168 Å². The average Bonchev–Trinajstić information content (AvgIpc) is 3.12. The molecule has 1 aromatic carbocycles. The van der Waals surface area contributed by atoms with E-state index in [1.807, 2.05) is 0 Å². The van der Waals surface area contributed by atoms with Gasteiger partial charge in [0.25, 0.3) is 0 Å². The molecule has 0 spiro atoms. The van der Waals surface area contributed by atoms with Crippen molar-refractivity contribution in [3.05, 3.63) is 42.7 Å². The molecule has 0 N–H and O–H groups in total. The topological polar surface area (TPSA) is 6.48 Å². The molecule has 152 valence electrons. The molecule has 0 radical (unpaired) electrons. The fourth-order valence-corrected chi connectivity index (χ4v) is 4.16. The van der Waals surface area contributed by atoms with E-state index in [4.69, 9.17) is 0 Å². The lowest BCUT2D eigenvalue weighted by molar-refractivity contribution is 0.291. The average molecular weight is 371 g/mol. The van der Waals surface area contributed by atoms with Crippen LogP contribution in [0, 0.1) is 0 Å². The van der Waals surface area contributed by atoms with Gasteiger partial charge in [-0.3, -0.25) is 0 Å². The maximum atomic E-state index is 2.48. The molecule has 1 aromatic rings. The Kier molecular flexibility index (Phi) is 11.1. The van der Waals surface area contributed by atoms with Gasteiger partial charge in [0.2, 0.25) is 0 Å². The van der Waals surface area contributed by atoms with Crippen LogP contribution in [-0.2, 0) is 0 Å². The second-order valence-corrected chi connectivity index (χ2v) is 8.03. The Morgan fingerprint density at radius 3 is 1.78 bits per heavy atom. The highest BCUT2D eigenvalue weighted by Crippen LogP contribution is 2.27. The Hall–Kier alpha value is -1.44. The van der Waals surface area contributed by atoms with Gasteiger partial charge in [0.15, 0.2) is 0 Å². The van der Waals surface area contributed by atoms with E-state index in [1.54, 1.807) is 0 Å². The van der Waals surface area contributed by atoms with E-state index in [-0.39, 0.29) is 0 Å². The van der Waals surface area contributed by atoms with Crippen LogP contribution in [0.3, 0.4) is 0 Å². The first-order chi connectivity index (χ1) is 13.4. The summed E-state index contributed by atoms with van der Waals surface area (Å²) < 4.78 is 0. The number of unbranched alkanes of at least 4 members (excludes halogenated alkanes) is 11. The zero-order valence-electron chi connectivity index (χ0n) is 17.9. The molecular formula is C25H42N2. The van der Waals surface area contributed by atoms with Gasteiger partial charge in [0.1, 0.15) is 6.17 Å². The number of anilines is 1. The van der Waals surface area contributed by atoms with Crippen LogP contribution < -0.4 is 4.90 Å². The summed E-state index contributed by atoms with van der Waals surface area (Å²) in [6, 6.07) is 10.8. The number of hydrogen-bond donors (Lipinski definition) is 0. The number of para-hydroxylation sites is 1. The van der Waals surface area contributed by atoms with Crippen molar-refractivity contribution in [2.24, 2.45) is 0 Å². The van der Waals surface area contributed by atoms with Crippen LogP contribution in [-0.4, -0.2) is 17.6 Å². The molecule has 2 heteroatoms. The summed E-state index contributed by atoms with van der Waals surface area (Å²) in [7, 11) is 0. The number of hydrogen-bond acceptors (Lipinski definition) is 2. The lowest BCUT2D eigenvalue weighted by atomic mass is 10.0. The van der Waals surface area contributed by atoms with E-state index in [1.165, 1.54) is 89.2 Å². The highest BCUT2D eigenvalue weighted by atomic mass is 15.4. The molecule has 1 aliphatic rings. The van der Waals surface area contributed by atoms with Crippen LogP contribution in [0.5, 0.6) is 0 Å². The van der Waals surface area contributed by atoms with E-state index in [9.17, 15) is 0 Å². The molecule has 27 heavy (non-hydrogen) atoms. The first kappa shape index (κ1) is 21.9. The molecular weight excluding hydrogens is 328 g/mol. The van der Waals surface area contributed by atoms with E-state index >= 15 is 0 Å². The fourth-order valence-electron chi connectivity index (χ4n) is 4.16. The Balaban J connectivity index is 1.55. The third-order valence-corrected chi connectivity index (χ3v) is 5.86. The Morgan fingerprint density at radius 1 is 0.667 bits per heavy atom. The molecule has 0 bridgehead atoms. The van der Waals surface area contributed by atoms with Gasteiger partial charge in [-0.05, 0) is 31.9 Å². The summed E-state index contributed by atoms with van der Waals surface area (Å²) in [5, 5.41) is 0. The van der Waals surface area contributed by atoms with Gasteiger partial charge in [-0.1, -0.05) is 95.8 Å². The van der Waals surface area contributed by atoms with Crippen LogP contribution in [0.2, 0.25) is 0 Å². The van der Waals surface area contributed by atoms with E-state index in [0.29, 0.717) is 6.17 Å². The quantitative estimate of drug-likeness (QED) is 0.292. The number of benzene rings is 1. The van der Waals surface area contributed by atoms with Gasteiger partial charge >= 0.3 is 0 Å².